The molecule has 0 aromatic heterocycles. The number of ether oxygens (including phenoxy) is 1. The van der Waals surface area contributed by atoms with Crippen LogP contribution in [0.3, 0.4) is 0 Å². The van der Waals surface area contributed by atoms with Crippen molar-refractivity contribution in [2.45, 2.75) is 13.3 Å². The average Bonchev–Trinajstić information content (AvgIpc) is 2.28. The lowest BCUT2D eigenvalue weighted by molar-refractivity contribution is 0.143. The molecule has 0 heterocycles. The van der Waals surface area contributed by atoms with Crippen molar-refractivity contribution in [1.29, 1.82) is 0 Å². The lowest BCUT2D eigenvalue weighted by Gasteiger charge is -2.07. The van der Waals surface area contributed by atoms with E-state index in [9.17, 15) is 0 Å². The van der Waals surface area contributed by atoms with Gasteiger partial charge in [-0.3, -0.25) is 0 Å². The SMILES string of the molecule is COc1cc(C)c(Cl)cc1/C=C/CCON. The molecule has 0 amide bonds. The molecule has 0 unspecified atom stereocenters. The second kappa shape index (κ2) is 6.53. The second-order valence-corrected chi connectivity index (χ2v) is 3.81. The van der Waals surface area contributed by atoms with E-state index >= 15 is 0 Å². The van der Waals surface area contributed by atoms with Gasteiger partial charge >= 0.3 is 0 Å². The van der Waals surface area contributed by atoms with Gasteiger partial charge in [-0.1, -0.05) is 23.8 Å². The Kier molecular flexibility index (Phi) is 5.32. The molecular weight excluding hydrogens is 226 g/mol. The summed E-state index contributed by atoms with van der Waals surface area (Å²) in [6, 6.07) is 3.80. The molecular formula is C12H16ClNO2. The molecule has 0 saturated heterocycles. The predicted octanol–water partition coefficient (Wildman–Crippen LogP) is 2.95. The summed E-state index contributed by atoms with van der Waals surface area (Å²) in [5.74, 6) is 5.74. The van der Waals surface area contributed by atoms with E-state index in [1.54, 1.807) is 7.11 Å². The highest BCUT2D eigenvalue weighted by molar-refractivity contribution is 6.31. The van der Waals surface area contributed by atoms with E-state index in [0.717, 1.165) is 28.3 Å². The molecule has 0 aliphatic carbocycles. The van der Waals surface area contributed by atoms with Crippen molar-refractivity contribution >= 4 is 17.7 Å². The Morgan fingerprint density at radius 3 is 2.81 bits per heavy atom. The van der Waals surface area contributed by atoms with Crippen LogP contribution in [0.4, 0.5) is 0 Å². The molecule has 88 valence electrons. The summed E-state index contributed by atoms with van der Waals surface area (Å²) >= 11 is 6.05. The Morgan fingerprint density at radius 2 is 2.19 bits per heavy atom. The van der Waals surface area contributed by atoms with E-state index in [1.165, 1.54) is 0 Å². The summed E-state index contributed by atoms with van der Waals surface area (Å²) in [4.78, 5) is 4.47. The van der Waals surface area contributed by atoms with Gasteiger partial charge in [-0.2, -0.15) is 0 Å². The van der Waals surface area contributed by atoms with Gasteiger partial charge in [-0.25, -0.2) is 5.90 Å². The largest absolute Gasteiger partial charge is 0.496 e. The van der Waals surface area contributed by atoms with Crippen molar-refractivity contribution in [3.63, 3.8) is 0 Å². The van der Waals surface area contributed by atoms with Crippen LogP contribution >= 0.6 is 11.6 Å². The third-order valence-corrected chi connectivity index (χ3v) is 2.62. The van der Waals surface area contributed by atoms with E-state index in [0.29, 0.717) is 6.61 Å². The quantitative estimate of drug-likeness (QED) is 0.637. The van der Waals surface area contributed by atoms with Gasteiger partial charge in [0.1, 0.15) is 5.75 Å². The van der Waals surface area contributed by atoms with Gasteiger partial charge in [-0.15, -0.1) is 0 Å². The van der Waals surface area contributed by atoms with E-state index in [1.807, 2.05) is 31.2 Å². The molecule has 2 N–H and O–H groups in total. The number of hydrogen-bond donors (Lipinski definition) is 1. The number of aryl methyl sites for hydroxylation is 1. The number of halogens is 1. The second-order valence-electron chi connectivity index (χ2n) is 3.41. The van der Waals surface area contributed by atoms with E-state index < -0.39 is 0 Å². The zero-order chi connectivity index (χ0) is 12.0. The van der Waals surface area contributed by atoms with Crippen LogP contribution in [0.2, 0.25) is 5.02 Å². The highest BCUT2D eigenvalue weighted by Crippen LogP contribution is 2.27. The number of nitrogens with two attached hydrogens (primary N) is 1. The fraction of sp³-hybridized carbons (Fsp3) is 0.333. The van der Waals surface area contributed by atoms with Crippen LogP contribution < -0.4 is 10.6 Å². The Balaban J connectivity index is 2.85. The predicted molar refractivity (Wildman–Crippen MR) is 66.5 cm³/mol. The van der Waals surface area contributed by atoms with Crippen LogP contribution in [-0.2, 0) is 4.84 Å². The number of benzene rings is 1. The average molecular weight is 242 g/mol. The van der Waals surface area contributed by atoms with Gasteiger partial charge in [0.25, 0.3) is 0 Å². The minimum Gasteiger partial charge on any atom is -0.496 e. The maximum atomic E-state index is 6.05. The lowest BCUT2D eigenvalue weighted by Crippen LogP contribution is -1.98. The first kappa shape index (κ1) is 13.0. The van der Waals surface area contributed by atoms with Crippen LogP contribution in [0.15, 0.2) is 18.2 Å². The molecule has 0 atom stereocenters. The van der Waals surface area contributed by atoms with Crippen molar-refractivity contribution in [2.75, 3.05) is 13.7 Å². The van der Waals surface area contributed by atoms with Crippen molar-refractivity contribution in [3.05, 3.63) is 34.4 Å². The van der Waals surface area contributed by atoms with Crippen LogP contribution in [0.1, 0.15) is 17.5 Å². The summed E-state index contributed by atoms with van der Waals surface area (Å²) < 4.78 is 5.27. The van der Waals surface area contributed by atoms with Crippen LogP contribution in [0.25, 0.3) is 6.08 Å². The summed E-state index contributed by atoms with van der Waals surface area (Å²) in [6.07, 6.45) is 4.67. The molecule has 0 radical (unpaired) electrons. The summed E-state index contributed by atoms with van der Waals surface area (Å²) in [6.45, 7) is 2.44. The first-order valence-electron chi connectivity index (χ1n) is 5.01. The molecule has 0 fully saturated rings. The van der Waals surface area contributed by atoms with Crippen LogP contribution in [-0.4, -0.2) is 13.7 Å². The Hall–Kier alpha value is -1.03. The summed E-state index contributed by atoms with van der Waals surface area (Å²) in [5, 5.41) is 0.732. The standard InChI is InChI=1S/C12H16ClNO2/c1-9-7-12(15-2)10(8-11(9)13)5-3-4-6-16-14/h3,5,7-8H,4,6,14H2,1-2H3/b5-3+. The number of methoxy groups -OCH3 is 1. The Morgan fingerprint density at radius 1 is 1.44 bits per heavy atom. The highest BCUT2D eigenvalue weighted by atomic mass is 35.5. The zero-order valence-electron chi connectivity index (χ0n) is 9.50. The van der Waals surface area contributed by atoms with Gasteiger partial charge in [-0.05, 0) is 31.0 Å². The van der Waals surface area contributed by atoms with Crippen LogP contribution in [0, 0.1) is 6.92 Å². The normalized spacial score (nSPS) is 11.0. The molecule has 1 aromatic rings. The van der Waals surface area contributed by atoms with Crippen molar-refractivity contribution < 1.29 is 9.57 Å². The first-order chi connectivity index (χ1) is 7.69. The minimum absolute atomic E-state index is 0.498. The summed E-state index contributed by atoms with van der Waals surface area (Å²) in [7, 11) is 1.64. The van der Waals surface area contributed by atoms with Gasteiger partial charge in [0.15, 0.2) is 0 Å². The summed E-state index contributed by atoms with van der Waals surface area (Å²) in [5.41, 5.74) is 1.95. The molecule has 0 bridgehead atoms. The van der Waals surface area contributed by atoms with E-state index in [-0.39, 0.29) is 0 Å². The number of rotatable bonds is 5. The van der Waals surface area contributed by atoms with Crippen molar-refractivity contribution in [2.24, 2.45) is 5.90 Å². The fourth-order valence-electron chi connectivity index (χ4n) is 1.32. The molecule has 0 aliphatic heterocycles. The van der Waals surface area contributed by atoms with Crippen LogP contribution in [0.5, 0.6) is 5.75 Å². The molecule has 16 heavy (non-hydrogen) atoms. The molecule has 0 spiro atoms. The van der Waals surface area contributed by atoms with Crippen molar-refractivity contribution in [1.82, 2.24) is 0 Å². The highest BCUT2D eigenvalue weighted by Gasteiger charge is 2.03. The Labute approximate surface area is 101 Å². The van der Waals surface area contributed by atoms with Gasteiger partial charge in [0, 0.05) is 10.6 Å². The van der Waals surface area contributed by atoms with Crippen molar-refractivity contribution in [3.8, 4) is 5.75 Å². The smallest absolute Gasteiger partial charge is 0.126 e. The molecule has 4 heteroatoms. The maximum Gasteiger partial charge on any atom is 0.126 e. The lowest BCUT2D eigenvalue weighted by atomic mass is 10.1. The monoisotopic (exact) mass is 241 g/mol. The third kappa shape index (κ3) is 3.52. The molecule has 1 rings (SSSR count). The fourth-order valence-corrected chi connectivity index (χ4v) is 1.50. The third-order valence-electron chi connectivity index (χ3n) is 2.21. The van der Waals surface area contributed by atoms with Gasteiger partial charge in [0.05, 0.1) is 13.7 Å². The number of hydrogen-bond acceptors (Lipinski definition) is 3. The topological polar surface area (TPSA) is 44.5 Å². The maximum absolute atomic E-state index is 6.05. The molecule has 1 aromatic carbocycles. The van der Waals surface area contributed by atoms with Gasteiger partial charge in [0.2, 0.25) is 0 Å². The van der Waals surface area contributed by atoms with E-state index in [4.69, 9.17) is 22.2 Å². The zero-order valence-corrected chi connectivity index (χ0v) is 10.3. The molecule has 0 saturated carbocycles. The molecule has 3 nitrogen and oxygen atoms in total. The molecule has 0 aliphatic rings. The Bertz CT molecular complexity index is 378. The van der Waals surface area contributed by atoms with Gasteiger partial charge < -0.3 is 9.57 Å². The van der Waals surface area contributed by atoms with E-state index in [2.05, 4.69) is 4.84 Å². The minimum atomic E-state index is 0.498. The first-order valence-corrected chi connectivity index (χ1v) is 5.39.